The summed E-state index contributed by atoms with van der Waals surface area (Å²) >= 11 is 0. The maximum Gasteiger partial charge on any atom is 0.191 e. The van der Waals surface area contributed by atoms with Gasteiger partial charge in [0.15, 0.2) is 5.96 Å². The number of aromatic nitrogens is 3. The molecule has 7 heteroatoms. The third kappa shape index (κ3) is 4.77. The first-order chi connectivity index (χ1) is 11.1. The van der Waals surface area contributed by atoms with Crippen LogP contribution in [-0.4, -0.2) is 34.3 Å². The summed E-state index contributed by atoms with van der Waals surface area (Å²) in [5.74, 6) is 1.49. The van der Waals surface area contributed by atoms with Crippen LogP contribution in [0.25, 0.3) is 0 Å². The molecule has 124 valence electrons. The maximum atomic E-state index is 13.3. The fourth-order valence-corrected chi connectivity index (χ4v) is 2.26. The van der Waals surface area contributed by atoms with Crippen molar-refractivity contribution in [2.75, 3.05) is 13.6 Å². The quantitative estimate of drug-likeness (QED) is 0.628. The molecule has 0 saturated carbocycles. The van der Waals surface area contributed by atoms with Crippen molar-refractivity contribution in [2.24, 2.45) is 4.99 Å². The van der Waals surface area contributed by atoms with Crippen LogP contribution in [0, 0.1) is 12.7 Å². The molecule has 1 aromatic carbocycles. The number of guanidine groups is 1. The Morgan fingerprint density at radius 1 is 1.35 bits per heavy atom. The lowest BCUT2D eigenvalue weighted by Gasteiger charge is -2.13. The predicted octanol–water partition coefficient (Wildman–Crippen LogP) is 1.65. The normalized spacial score (nSPS) is 11.6. The Bertz CT molecular complexity index is 664. The Hall–Kier alpha value is -2.44. The molecule has 0 bridgehead atoms. The molecule has 0 atom stereocenters. The van der Waals surface area contributed by atoms with Crippen LogP contribution < -0.4 is 10.6 Å². The molecule has 23 heavy (non-hydrogen) atoms. The summed E-state index contributed by atoms with van der Waals surface area (Å²) < 4.78 is 15.3. The van der Waals surface area contributed by atoms with Crippen LogP contribution in [0.5, 0.6) is 0 Å². The van der Waals surface area contributed by atoms with E-state index in [0.717, 1.165) is 24.4 Å². The first-order valence-corrected chi connectivity index (χ1v) is 7.70. The number of hydrogen-bond donors (Lipinski definition) is 2. The number of halogens is 1. The average molecular weight is 318 g/mol. The van der Waals surface area contributed by atoms with Gasteiger partial charge in [-0.05, 0) is 24.1 Å². The minimum atomic E-state index is -0.183. The van der Waals surface area contributed by atoms with Gasteiger partial charge in [0.25, 0.3) is 0 Å². The van der Waals surface area contributed by atoms with Crippen LogP contribution in [0.4, 0.5) is 4.39 Å². The largest absolute Gasteiger partial charge is 0.355 e. The Morgan fingerprint density at radius 3 is 2.87 bits per heavy atom. The van der Waals surface area contributed by atoms with Gasteiger partial charge >= 0.3 is 0 Å². The van der Waals surface area contributed by atoms with Gasteiger partial charge < -0.3 is 15.2 Å². The SMILES string of the molecule is CCc1nncn1CCNC(=NC)NCc1ccc(F)c(C)c1. The molecule has 2 N–H and O–H groups in total. The molecule has 0 radical (unpaired) electrons. The van der Waals surface area contributed by atoms with Crippen molar-refractivity contribution in [1.29, 1.82) is 0 Å². The lowest BCUT2D eigenvalue weighted by molar-refractivity contribution is 0.616. The molecule has 0 spiro atoms. The van der Waals surface area contributed by atoms with Crippen LogP contribution in [0.2, 0.25) is 0 Å². The van der Waals surface area contributed by atoms with E-state index in [1.165, 1.54) is 6.07 Å². The van der Waals surface area contributed by atoms with Gasteiger partial charge in [-0.2, -0.15) is 0 Å². The van der Waals surface area contributed by atoms with Gasteiger partial charge in [0, 0.05) is 33.1 Å². The molecular formula is C16H23FN6. The standard InChI is InChI=1S/C16H23FN6/c1-4-15-22-21-11-23(15)8-7-19-16(18-3)20-10-13-5-6-14(17)12(2)9-13/h5-6,9,11H,4,7-8,10H2,1-3H3,(H2,18,19,20). The number of aryl methyl sites for hydroxylation is 2. The van der Waals surface area contributed by atoms with Crippen molar-refractivity contribution >= 4 is 5.96 Å². The molecule has 0 aliphatic carbocycles. The fourth-order valence-electron chi connectivity index (χ4n) is 2.26. The van der Waals surface area contributed by atoms with E-state index in [9.17, 15) is 4.39 Å². The number of nitrogens with one attached hydrogen (secondary N) is 2. The third-order valence-corrected chi connectivity index (χ3v) is 3.56. The van der Waals surface area contributed by atoms with Gasteiger partial charge in [-0.1, -0.05) is 19.1 Å². The third-order valence-electron chi connectivity index (χ3n) is 3.56. The summed E-state index contributed by atoms with van der Waals surface area (Å²) in [5, 5.41) is 14.4. The number of rotatable bonds is 6. The Balaban J connectivity index is 1.80. The highest BCUT2D eigenvalue weighted by atomic mass is 19.1. The molecule has 0 aliphatic rings. The summed E-state index contributed by atoms with van der Waals surface area (Å²) in [6.45, 7) is 5.89. The van der Waals surface area contributed by atoms with Gasteiger partial charge in [-0.15, -0.1) is 10.2 Å². The van der Waals surface area contributed by atoms with Crippen molar-refractivity contribution in [2.45, 2.75) is 33.4 Å². The summed E-state index contributed by atoms with van der Waals surface area (Å²) in [6, 6.07) is 5.09. The van der Waals surface area contributed by atoms with E-state index in [2.05, 4.69) is 32.7 Å². The molecule has 0 fully saturated rings. The number of hydrogen-bond acceptors (Lipinski definition) is 3. The Morgan fingerprint density at radius 2 is 2.17 bits per heavy atom. The summed E-state index contributed by atoms with van der Waals surface area (Å²) in [4.78, 5) is 4.18. The summed E-state index contributed by atoms with van der Waals surface area (Å²) in [6.07, 6.45) is 2.59. The van der Waals surface area contributed by atoms with Crippen molar-refractivity contribution in [3.8, 4) is 0 Å². The zero-order valence-electron chi connectivity index (χ0n) is 13.8. The lowest BCUT2D eigenvalue weighted by Crippen LogP contribution is -2.38. The van der Waals surface area contributed by atoms with E-state index in [0.29, 0.717) is 24.6 Å². The average Bonchev–Trinajstić information content (AvgIpc) is 3.01. The van der Waals surface area contributed by atoms with Gasteiger partial charge in [-0.3, -0.25) is 4.99 Å². The van der Waals surface area contributed by atoms with Gasteiger partial charge in [0.05, 0.1) is 0 Å². The molecule has 0 unspecified atom stereocenters. The molecule has 6 nitrogen and oxygen atoms in total. The summed E-state index contributed by atoms with van der Waals surface area (Å²) in [7, 11) is 1.72. The Labute approximate surface area is 135 Å². The number of aliphatic imine (C=N–C) groups is 1. The van der Waals surface area contributed by atoms with Gasteiger partial charge in [-0.25, -0.2) is 4.39 Å². The first kappa shape index (κ1) is 16.9. The van der Waals surface area contributed by atoms with Crippen LogP contribution >= 0.6 is 0 Å². The smallest absolute Gasteiger partial charge is 0.191 e. The monoisotopic (exact) mass is 318 g/mol. The number of nitrogens with zero attached hydrogens (tertiary/aromatic N) is 4. The molecule has 1 aromatic heterocycles. The zero-order valence-corrected chi connectivity index (χ0v) is 13.8. The second-order valence-electron chi connectivity index (χ2n) is 5.23. The van der Waals surface area contributed by atoms with E-state index in [-0.39, 0.29) is 5.82 Å². The maximum absolute atomic E-state index is 13.3. The van der Waals surface area contributed by atoms with Gasteiger partial charge in [0.2, 0.25) is 0 Å². The fraction of sp³-hybridized carbons (Fsp3) is 0.438. The van der Waals surface area contributed by atoms with E-state index < -0.39 is 0 Å². The second-order valence-corrected chi connectivity index (χ2v) is 5.23. The summed E-state index contributed by atoms with van der Waals surface area (Å²) in [5.41, 5.74) is 1.66. The van der Waals surface area contributed by atoms with Crippen LogP contribution in [0.1, 0.15) is 23.9 Å². The Kier molecular flexibility index (Phi) is 6.08. The van der Waals surface area contributed by atoms with Crippen molar-refractivity contribution < 1.29 is 4.39 Å². The molecule has 0 amide bonds. The molecule has 2 rings (SSSR count). The van der Waals surface area contributed by atoms with Crippen molar-refractivity contribution in [1.82, 2.24) is 25.4 Å². The minimum absolute atomic E-state index is 0.183. The first-order valence-electron chi connectivity index (χ1n) is 7.70. The van der Waals surface area contributed by atoms with E-state index in [1.807, 2.05) is 10.6 Å². The highest BCUT2D eigenvalue weighted by Crippen LogP contribution is 2.08. The van der Waals surface area contributed by atoms with E-state index in [4.69, 9.17) is 0 Å². The van der Waals surface area contributed by atoms with Crippen LogP contribution in [-0.2, 0) is 19.5 Å². The predicted molar refractivity (Wildman–Crippen MR) is 88.7 cm³/mol. The van der Waals surface area contributed by atoms with Crippen molar-refractivity contribution in [3.05, 3.63) is 47.3 Å². The second kappa shape index (κ2) is 8.26. The molecule has 0 aliphatic heterocycles. The molecule has 0 saturated heterocycles. The molecule has 2 aromatic rings. The zero-order chi connectivity index (χ0) is 16.7. The highest BCUT2D eigenvalue weighted by molar-refractivity contribution is 5.79. The molecular weight excluding hydrogens is 295 g/mol. The number of benzene rings is 1. The molecule has 1 heterocycles. The van der Waals surface area contributed by atoms with E-state index >= 15 is 0 Å². The topological polar surface area (TPSA) is 67.1 Å². The highest BCUT2D eigenvalue weighted by Gasteiger charge is 2.03. The van der Waals surface area contributed by atoms with Crippen molar-refractivity contribution in [3.63, 3.8) is 0 Å². The van der Waals surface area contributed by atoms with E-state index in [1.54, 1.807) is 26.4 Å². The van der Waals surface area contributed by atoms with Gasteiger partial charge in [0.1, 0.15) is 18.0 Å². The lowest BCUT2D eigenvalue weighted by atomic mass is 10.1. The minimum Gasteiger partial charge on any atom is -0.355 e. The van der Waals surface area contributed by atoms with Crippen LogP contribution in [0.3, 0.4) is 0 Å². The van der Waals surface area contributed by atoms with Crippen LogP contribution in [0.15, 0.2) is 29.5 Å².